The lowest BCUT2D eigenvalue weighted by Gasteiger charge is -2.30. The van der Waals surface area contributed by atoms with Crippen molar-refractivity contribution in [3.8, 4) is 0 Å². The van der Waals surface area contributed by atoms with Crippen molar-refractivity contribution in [1.29, 1.82) is 0 Å². The second kappa shape index (κ2) is 7.79. The van der Waals surface area contributed by atoms with E-state index in [2.05, 4.69) is 17.0 Å². The van der Waals surface area contributed by atoms with E-state index >= 15 is 0 Å². The number of nitrogens with zero attached hydrogens (tertiary/aromatic N) is 3. The normalized spacial score (nSPS) is 15.0. The first-order chi connectivity index (χ1) is 12.2. The van der Waals surface area contributed by atoms with Gasteiger partial charge in [0.05, 0.1) is 6.54 Å². The van der Waals surface area contributed by atoms with E-state index in [1.54, 1.807) is 11.1 Å². The van der Waals surface area contributed by atoms with Gasteiger partial charge in [-0.05, 0) is 42.7 Å². The number of rotatable bonds is 5. The van der Waals surface area contributed by atoms with Crippen molar-refractivity contribution in [2.75, 3.05) is 18.4 Å². The smallest absolute Gasteiger partial charge is 0.245 e. The SMILES string of the molecule is C=CC(=O)N1CCC(C(=O)Nc2ccc(Cn3cccn3)cc2)CC1. The van der Waals surface area contributed by atoms with Gasteiger partial charge in [-0.2, -0.15) is 5.10 Å². The maximum absolute atomic E-state index is 12.4. The second-order valence-corrected chi connectivity index (χ2v) is 6.19. The summed E-state index contributed by atoms with van der Waals surface area (Å²) in [6.45, 7) is 5.41. The average molecular weight is 338 g/mol. The van der Waals surface area contributed by atoms with Crippen LogP contribution in [-0.4, -0.2) is 39.6 Å². The summed E-state index contributed by atoms with van der Waals surface area (Å²) in [4.78, 5) is 25.7. The Morgan fingerprint density at radius 2 is 1.96 bits per heavy atom. The molecule has 6 heteroatoms. The van der Waals surface area contributed by atoms with Crippen molar-refractivity contribution >= 4 is 17.5 Å². The molecule has 130 valence electrons. The first-order valence-electron chi connectivity index (χ1n) is 8.44. The molecule has 0 aliphatic carbocycles. The quantitative estimate of drug-likeness (QED) is 0.851. The van der Waals surface area contributed by atoms with Crippen LogP contribution in [0.5, 0.6) is 0 Å². The molecule has 1 aliphatic rings. The zero-order chi connectivity index (χ0) is 17.6. The summed E-state index contributed by atoms with van der Waals surface area (Å²) in [6, 6.07) is 9.69. The van der Waals surface area contributed by atoms with Gasteiger partial charge in [-0.1, -0.05) is 18.7 Å². The van der Waals surface area contributed by atoms with E-state index in [0.29, 0.717) is 32.5 Å². The van der Waals surface area contributed by atoms with Crippen molar-refractivity contribution < 1.29 is 9.59 Å². The Labute approximate surface area is 147 Å². The molecule has 0 saturated carbocycles. The molecule has 0 bridgehead atoms. The number of hydrogen-bond acceptors (Lipinski definition) is 3. The summed E-state index contributed by atoms with van der Waals surface area (Å²) in [5, 5.41) is 7.15. The minimum atomic E-state index is -0.0633. The van der Waals surface area contributed by atoms with Gasteiger partial charge < -0.3 is 10.2 Å². The molecule has 1 aliphatic heterocycles. The third-order valence-corrected chi connectivity index (χ3v) is 4.48. The highest BCUT2D eigenvalue weighted by Gasteiger charge is 2.26. The Balaban J connectivity index is 1.51. The Kier molecular flexibility index (Phi) is 5.28. The molecule has 3 rings (SSSR count). The van der Waals surface area contributed by atoms with E-state index in [1.807, 2.05) is 41.2 Å². The first kappa shape index (κ1) is 17.0. The van der Waals surface area contributed by atoms with Gasteiger partial charge >= 0.3 is 0 Å². The molecule has 1 N–H and O–H groups in total. The molecule has 2 heterocycles. The van der Waals surface area contributed by atoms with Crippen LogP contribution in [0.2, 0.25) is 0 Å². The van der Waals surface area contributed by atoms with E-state index in [4.69, 9.17) is 0 Å². The molecule has 25 heavy (non-hydrogen) atoms. The van der Waals surface area contributed by atoms with E-state index in [1.165, 1.54) is 6.08 Å². The molecule has 0 radical (unpaired) electrons. The summed E-state index contributed by atoms with van der Waals surface area (Å²) < 4.78 is 1.85. The lowest BCUT2D eigenvalue weighted by Crippen LogP contribution is -2.40. The predicted molar refractivity (Wildman–Crippen MR) is 95.9 cm³/mol. The maximum Gasteiger partial charge on any atom is 0.245 e. The zero-order valence-corrected chi connectivity index (χ0v) is 14.1. The van der Waals surface area contributed by atoms with Crippen LogP contribution in [0.15, 0.2) is 55.4 Å². The Morgan fingerprint density at radius 3 is 2.56 bits per heavy atom. The Morgan fingerprint density at radius 1 is 1.24 bits per heavy atom. The van der Waals surface area contributed by atoms with Crippen LogP contribution in [0.25, 0.3) is 0 Å². The van der Waals surface area contributed by atoms with Crippen LogP contribution in [0, 0.1) is 5.92 Å². The Bertz CT molecular complexity index is 729. The van der Waals surface area contributed by atoms with Crippen LogP contribution in [-0.2, 0) is 16.1 Å². The van der Waals surface area contributed by atoms with Crippen LogP contribution < -0.4 is 5.32 Å². The highest BCUT2D eigenvalue weighted by Crippen LogP contribution is 2.20. The van der Waals surface area contributed by atoms with Crippen molar-refractivity contribution in [3.05, 3.63) is 60.9 Å². The van der Waals surface area contributed by atoms with Crippen LogP contribution in [0.4, 0.5) is 5.69 Å². The molecular weight excluding hydrogens is 316 g/mol. The molecule has 1 fully saturated rings. The average Bonchev–Trinajstić information content (AvgIpc) is 3.16. The topological polar surface area (TPSA) is 67.2 Å². The third-order valence-electron chi connectivity index (χ3n) is 4.48. The fourth-order valence-corrected chi connectivity index (χ4v) is 3.01. The number of anilines is 1. The molecule has 1 saturated heterocycles. The van der Waals surface area contributed by atoms with Crippen LogP contribution >= 0.6 is 0 Å². The fourth-order valence-electron chi connectivity index (χ4n) is 3.01. The number of carbonyl (C=O) groups excluding carboxylic acids is 2. The number of likely N-dealkylation sites (tertiary alicyclic amines) is 1. The molecular formula is C19H22N4O2. The first-order valence-corrected chi connectivity index (χ1v) is 8.44. The number of piperidine rings is 1. The zero-order valence-electron chi connectivity index (χ0n) is 14.1. The van der Waals surface area contributed by atoms with Gasteiger partial charge in [0.25, 0.3) is 0 Å². The van der Waals surface area contributed by atoms with Gasteiger partial charge in [-0.3, -0.25) is 14.3 Å². The van der Waals surface area contributed by atoms with Gasteiger partial charge in [0.2, 0.25) is 11.8 Å². The molecule has 1 aromatic carbocycles. The van der Waals surface area contributed by atoms with Crippen molar-refractivity contribution in [2.24, 2.45) is 5.92 Å². The number of aromatic nitrogens is 2. The Hall–Kier alpha value is -2.89. The van der Waals surface area contributed by atoms with Gasteiger partial charge in [0, 0.05) is 37.1 Å². The maximum atomic E-state index is 12.4. The van der Waals surface area contributed by atoms with Crippen molar-refractivity contribution in [1.82, 2.24) is 14.7 Å². The molecule has 0 spiro atoms. The number of benzene rings is 1. The standard InChI is InChI=1S/C19H22N4O2/c1-2-18(24)22-12-8-16(9-13-22)19(25)21-17-6-4-15(5-7-17)14-23-11-3-10-20-23/h2-7,10-11,16H,1,8-9,12-14H2,(H,21,25). The monoisotopic (exact) mass is 338 g/mol. The number of nitrogens with one attached hydrogen (secondary N) is 1. The number of carbonyl (C=O) groups is 2. The van der Waals surface area contributed by atoms with Gasteiger partial charge in [0.15, 0.2) is 0 Å². The summed E-state index contributed by atoms with van der Waals surface area (Å²) in [5.41, 5.74) is 1.91. The molecule has 0 atom stereocenters. The number of hydrogen-bond donors (Lipinski definition) is 1. The third kappa shape index (κ3) is 4.35. The van der Waals surface area contributed by atoms with Crippen molar-refractivity contribution in [2.45, 2.75) is 19.4 Å². The summed E-state index contributed by atoms with van der Waals surface area (Å²) in [6.07, 6.45) is 6.36. The summed E-state index contributed by atoms with van der Waals surface area (Å²) >= 11 is 0. The predicted octanol–water partition coefficient (Wildman–Crippen LogP) is 2.29. The summed E-state index contributed by atoms with van der Waals surface area (Å²) in [7, 11) is 0. The molecule has 6 nitrogen and oxygen atoms in total. The second-order valence-electron chi connectivity index (χ2n) is 6.19. The molecule has 1 aromatic heterocycles. The number of amides is 2. The lowest BCUT2D eigenvalue weighted by molar-refractivity contribution is -0.130. The molecule has 2 aromatic rings. The van der Waals surface area contributed by atoms with E-state index < -0.39 is 0 Å². The largest absolute Gasteiger partial charge is 0.339 e. The van der Waals surface area contributed by atoms with E-state index in [9.17, 15) is 9.59 Å². The minimum absolute atomic E-state index is 0.0190. The molecule has 2 amide bonds. The van der Waals surface area contributed by atoms with Gasteiger partial charge in [0.1, 0.15) is 0 Å². The highest BCUT2D eigenvalue weighted by molar-refractivity contribution is 5.93. The fraction of sp³-hybridized carbons (Fsp3) is 0.316. The van der Waals surface area contributed by atoms with Gasteiger partial charge in [-0.15, -0.1) is 0 Å². The molecule has 0 unspecified atom stereocenters. The summed E-state index contributed by atoms with van der Waals surface area (Å²) in [5.74, 6) is -0.102. The van der Waals surface area contributed by atoms with E-state index in [0.717, 1.165) is 11.3 Å². The van der Waals surface area contributed by atoms with Crippen molar-refractivity contribution in [3.63, 3.8) is 0 Å². The lowest BCUT2D eigenvalue weighted by atomic mass is 9.95. The highest BCUT2D eigenvalue weighted by atomic mass is 16.2. The minimum Gasteiger partial charge on any atom is -0.339 e. The van der Waals surface area contributed by atoms with Crippen LogP contribution in [0.3, 0.4) is 0 Å². The van der Waals surface area contributed by atoms with E-state index in [-0.39, 0.29) is 17.7 Å². The van der Waals surface area contributed by atoms with Crippen LogP contribution in [0.1, 0.15) is 18.4 Å². The van der Waals surface area contributed by atoms with Gasteiger partial charge in [-0.25, -0.2) is 0 Å².